The molecule has 0 aliphatic carbocycles. The Morgan fingerprint density at radius 3 is 1.28 bits per heavy atom. The lowest BCUT2D eigenvalue weighted by molar-refractivity contribution is -0.161. The number of hydrogen-bond donors (Lipinski definition) is 1. The largest absolute Gasteiger partial charge is 0.462 e. The summed E-state index contributed by atoms with van der Waals surface area (Å²) in [6, 6.07) is 0. The Bertz CT molecular complexity index is 801. The number of allylic oxidation sites excluding steroid dienone is 6. The van der Waals surface area contributed by atoms with Gasteiger partial charge in [-0.1, -0.05) is 179 Å². The first-order valence-electron chi connectivity index (χ1n) is 21.5. The molecular weight excluding hydrogens is 620 g/mol. The number of rotatable bonds is 39. The van der Waals surface area contributed by atoms with Gasteiger partial charge in [0.2, 0.25) is 0 Å². The summed E-state index contributed by atoms with van der Waals surface area (Å²) >= 11 is 0. The third-order valence-corrected chi connectivity index (χ3v) is 9.39. The van der Waals surface area contributed by atoms with Gasteiger partial charge in [-0.2, -0.15) is 0 Å². The number of ether oxygens (including phenoxy) is 2. The van der Waals surface area contributed by atoms with Gasteiger partial charge in [-0.3, -0.25) is 9.59 Å². The highest BCUT2D eigenvalue weighted by Crippen LogP contribution is 2.14. The first-order chi connectivity index (χ1) is 24.6. The predicted molar refractivity (Wildman–Crippen MR) is 214 cm³/mol. The summed E-state index contributed by atoms with van der Waals surface area (Å²) in [6.07, 6.45) is 50.8. The van der Waals surface area contributed by atoms with Crippen molar-refractivity contribution in [2.24, 2.45) is 0 Å². The molecule has 0 bridgehead atoms. The van der Waals surface area contributed by atoms with Crippen LogP contribution in [0.2, 0.25) is 0 Å². The summed E-state index contributed by atoms with van der Waals surface area (Å²) in [6.45, 7) is 4.07. The molecule has 0 spiro atoms. The molecule has 1 unspecified atom stereocenters. The van der Waals surface area contributed by atoms with Crippen molar-refractivity contribution in [2.75, 3.05) is 13.2 Å². The fraction of sp³-hybridized carbons (Fsp3) is 0.822. The lowest BCUT2D eigenvalue weighted by atomic mass is 10.0. The van der Waals surface area contributed by atoms with Crippen LogP contribution < -0.4 is 0 Å². The van der Waals surface area contributed by atoms with Crippen LogP contribution in [0.25, 0.3) is 0 Å². The molecular formula is C45H82O5. The molecule has 0 fully saturated rings. The molecule has 292 valence electrons. The molecule has 1 atom stereocenters. The van der Waals surface area contributed by atoms with E-state index in [-0.39, 0.29) is 25.2 Å². The minimum atomic E-state index is -0.777. The van der Waals surface area contributed by atoms with Crippen LogP contribution in [0.1, 0.15) is 219 Å². The number of hydrogen-bond acceptors (Lipinski definition) is 5. The number of esters is 2. The maximum atomic E-state index is 12.2. The molecule has 0 aromatic carbocycles. The van der Waals surface area contributed by atoms with E-state index in [1.807, 2.05) is 0 Å². The van der Waals surface area contributed by atoms with E-state index >= 15 is 0 Å². The number of aliphatic hydroxyl groups is 1. The van der Waals surface area contributed by atoms with Crippen molar-refractivity contribution in [2.45, 2.75) is 225 Å². The Balaban J connectivity index is 3.50. The molecule has 0 radical (unpaired) electrons. The molecule has 0 aliphatic rings. The number of unbranched alkanes of at least 4 members (excludes halogenated alkanes) is 25. The van der Waals surface area contributed by atoms with Gasteiger partial charge in [0.05, 0.1) is 6.61 Å². The van der Waals surface area contributed by atoms with Crippen molar-refractivity contribution in [1.82, 2.24) is 0 Å². The Labute approximate surface area is 310 Å². The van der Waals surface area contributed by atoms with E-state index in [0.29, 0.717) is 12.8 Å². The SMILES string of the molecule is CCC/C=C\C/C=C\CCCCCCCC(=O)OC(CO)COC(=O)CCCCCCCCCCCCC/C=C\CCCCCCCCCC. The van der Waals surface area contributed by atoms with Gasteiger partial charge in [0.25, 0.3) is 0 Å². The fourth-order valence-corrected chi connectivity index (χ4v) is 6.12. The minimum absolute atomic E-state index is 0.0704. The number of carbonyl (C=O) groups is 2. The van der Waals surface area contributed by atoms with Gasteiger partial charge in [-0.15, -0.1) is 0 Å². The van der Waals surface area contributed by atoms with Gasteiger partial charge in [-0.05, 0) is 64.2 Å². The third kappa shape index (κ3) is 38.9. The van der Waals surface area contributed by atoms with Crippen LogP contribution in [0.15, 0.2) is 36.5 Å². The summed E-state index contributed by atoms with van der Waals surface area (Å²) in [4.78, 5) is 24.3. The number of carbonyl (C=O) groups excluding carboxylic acids is 2. The first kappa shape index (κ1) is 48.1. The van der Waals surface area contributed by atoms with Crippen molar-refractivity contribution >= 4 is 11.9 Å². The van der Waals surface area contributed by atoms with Crippen molar-refractivity contribution in [3.8, 4) is 0 Å². The summed E-state index contributed by atoms with van der Waals surface area (Å²) in [5.41, 5.74) is 0. The molecule has 0 rings (SSSR count). The molecule has 1 N–H and O–H groups in total. The Kier molecular flexibility index (Phi) is 40.0. The molecule has 0 aromatic heterocycles. The monoisotopic (exact) mass is 703 g/mol. The molecule has 0 aliphatic heterocycles. The molecule has 0 aromatic rings. The highest BCUT2D eigenvalue weighted by molar-refractivity contribution is 5.70. The molecule has 0 saturated carbocycles. The van der Waals surface area contributed by atoms with Crippen molar-refractivity contribution in [3.05, 3.63) is 36.5 Å². The van der Waals surface area contributed by atoms with E-state index in [0.717, 1.165) is 57.8 Å². The fourth-order valence-electron chi connectivity index (χ4n) is 6.12. The summed E-state index contributed by atoms with van der Waals surface area (Å²) < 4.78 is 10.6. The van der Waals surface area contributed by atoms with Crippen LogP contribution in [0.4, 0.5) is 0 Å². The van der Waals surface area contributed by atoms with Gasteiger partial charge in [0.1, 0.15) is 6.61 Å². The smallest absolute Gasteiger partial charge is 0.306 e. The summed E-state index contributed by atoms with van der Waals surface area (Å²) in [7, 11) is 0. The van der Waals surface area contributed by atoms with Gasteiger partial charge in [-0.25, -0.2) is 0 Å². The topological polar surface area (TPSA) is 72.8 Å². The average Bonchev–Trinajstić information content (AvgIpc) is 3.12. The van der Waals surface area contributed by atoms with E-state index in [9.17, 15) is 14.7 Å². The van der Waals surface area contributed by atoms with E-state index in [4.69, 9.17) is 9.47 Å². The molecule has 0 amide bonds. The standard InChI is InChI=1S/C45H82O5/c1-3-5-7-9-11-13-15-17-18-19-20-21-22-23-24-25-26-28-29-31-33-35-37-39-44(47)49-42-43(41-46)50-45(48)40-38-36-34-32-30-27-16-14-12-10-8-6-4-2/h8,10,14,16,19-20,43,46H,3-7,9,11-13,15,17-18,21-42H2,1-2H3/b10-8-,16-14-,20-19-. The van der Waals surface area contributed by atoms with Crippen LogP contribution in [-0.4, -0.2) is 36.4 Å². The normalized spacial score (nSPS) is 12.5. The van der Waals surface area contributed by atoms with E-state index < -0.39 is 6.10 Å². The van der Waals surface area contributed by atoms with E-state index in [1.54, 1.807) is 0 Å². The van der Waals surface area contributed by atoms with Crippen LogP contribution in [0, 0.1) is 0 Å². The lowest BCUT2D eigenvalue weighted by Gasteiger charge is -2.15. The molecule has 0 heterocycles. The first-order valence-corrected chi connectivity index (χ1v) is 21.5. The van der Waals surface area contributed by atoms with Crippen molar-refractivity contribution in [1.29, 1.82) is 0 Å². The molecule has 50 heavy (non-hydrogen) atoms. The molecule has 5 nitrogen and oxygen atoms in total. The zero-order valence-corrected chi connectivity index (χ0v) is 33.2. The zero-order chi connectivity index (χ0) is 36.4. The Morgan fingerprint density at radius 1 is 0.460 bits per heavy atom. The second kappa shape index (κ2) is 41.5. The second-order valence-corrected chi connectivity index (χ2v) is 14.4. The maximum Gasteiger partial charge on any atom is 0.306 e. The minimum Gasteiger partial charge on any atom is -0.462 e. The maximum absolute atomic E-state index is 12.2. The highest BCUT2D eigenvalue weighted by atomic mass is 16.6. The quantitative estimate of drug-likeness (QED) is 0.0392. The predicted octanol–water partition coefficient (Wildman–Crippen LogP) is 13.6. The summed E-state index contributed by atoms with van der Waals surface area (Å²) in [5.74, 6) is -0.604. The van der Waals surface area contributed by atoms with Crippen molar-refractivity contribution in [3.63, 3.8) is 0 Å². The van der Waals surface area contributed by atoms with Crippen LogP contribution in [0.3, 0.4) is 0 Å². The summed E-state index contributed by atoms with van der Waals surface area (Å²) in [5, 5.41) is 9.56. The van der Waals surface area contributed by atoms with Gasteiger partial charge >= 0.3 is 11.9 Å². The Hall–Kier alpha value is -1.88. The van der Waals surface area contributed by atoms with Crippen LogP contribution in [0.5, 0.6) is 0 Å². The van der Waals surface area contributed by atoms with Crippen LogP contribution in [-0.2, 0) is 19.1 Å². The van der Waals surface area contributed by atoms with E-state index in [1.165, 1.54) is 135 Å². The lowest BCUT2D eigenvalue weighted by Crippen LogP contribution is -2.28. The number of aliphatic hydroxyl groups excluding tert-OH is 1. The average molecular weight is 703 g/mol. The molecule has 0 saturated heterocycles. The molecule has 5 heteroatoms. The van der Waals surface area contributed by atoms with E-state index in [2.05, 4.69) is 50.3 Å². The van der Waals surface area contributed by atoms with Gasteiger partial charge in [0.15, 0.2) is 6.10 Å². The van der Waals surface area contributed by atoms with Gasteiger partial charge < -0.3 is 14.6 Å². The van der Waals surface area contributed by atoms with Gasteiger partial charge in [0, 0.05) is 12.8 Å². The Morgan fingerprint density at radius 2 is 0.840 bits per heavy atom. The third-order valence-electron chi connectivity index (χ3n) is 9.39. The highest BCUT2D eigenvalue weighted by Gasteiger charge is 2.16. The van der Waals surface area contributed by atoms with Crippen LogP contribution >= 0.6 is 0 Å². The zero-order valence-electron chi connectivity index (χ0n) is 33.2. The second-order valence-electron chi connectivity index (χ2n) is 14.4. The van der Waals surface area contributed by atoms with Crippen molar-refractivity contribution < 1.29 is 24.2 Å².